The minimum Gasteiger partial charge on any atom is -0.322 e. The lowest BCUT2D eigenvalue weighted by molar-refractivity contribution is -0.115. The number of amides is 2. The smallest absolute Gasteiger partial charge is 0.255 e. The van der Waals surface area contributed by atoms with Crippen LogP contribution in [0.4, 0.5) is 11.4 Å². The Hall–Kier alpha value is -2.57. The van der Waals surface area contributed by atoms with Gasteiger partial charge in [-0.05, 0) is 78.4 Å². The van der Waals surface area contributed by atoms with Gasteiger partial charge in [-0.25, -0.2) is 0 Å². The van der Waals surface area contributed by atoms with E-state index in [4.69, 9.17) is 0 Å². The lowest BCUT2D eigenvalue weighted by Gasteiger charge is -2.25. The van der Waals surface area contributed by atoms with E-state index in [9.17, 15) is 9.59 Å². The summed E-state index contributed by atoms with van der Waals surface area (Å²) in [6.45, 7) is 0. The number of benzene rings is 3. The number of carbonyl (C=O) groups excluding carboxylic acids is 2. The van der Waals surface area contributed by atoms with Gasteiger partial charge in [0.1, 0.15) is 5.37 Å². The fourth-order valence-electron chi connectivity index (χ4n) is 4.22. The predicted octanol–water partition coefficient (Wildman–Crippen LogP) is 5.97. The van der Waals surface area contributed by atoms with Crippen LogP contribution in [0, 0.1) is 0 Å². The van der Waals surface area contributed by atoms with Gasteiger partial charge in [-0.3, -0.25) is 14.5 Å². The average molecular weight is 493 g/mol. The van der Waals surface area contributed by atoms with E-state index in [2.05, 4.69) is 39.4 Å². The molecule has 156 valence electrons. The lowest BCUT2D eigenvalue weighted by Crippen LogP contribution is -2.27. The van der Waals surface area contributed by atoms with Gasteiger partial charge in [0.2, 0.25) is 5.91 Å². The molecule has 1 aliphatic carbocycles. The van der Waals surface area contributed by atoms with Gasteiger partial charge in [-0.2, -0.15) is 0 Å². The molecule has 0 aromatic heterocycles. The second-order valence-corrected chi connectivity index (χ2v) is 9.80. The third-order valence-corrected chi connectivity index (χ3v) is 7.47. The molecule has 0 unspecified atom stereocenters. The number of fused-ring (bicyclic) bond motifs is 1. The number of nitrogens with zero attached hydrogens (tertiary/aromatic N) is 1. The molecule has 1 fully saturated rings. The van der Waals surface area contributed by atoms with Gasteiger partial charge < -0.3 is 5.32 Å². The first kappa shape index (κ1) is 20.3. The Morgan fingerprint density at radius 3 is 2.61 bits per heavy atom. The number of halogens is 1. The summed E-state index contributed by atoms with van der Waals surface area (Å²) < 4.78 is 0.866. The molecule has 0 spiro atoms. The summed E-state index contributed by atoms with van der Waals surface area (Å²) in [6.07, 6.45) is 3.42. The van der Waals surface area contributed by atoms with E-state index >= 15 is 0 Å². The summed E-state index contributed by atoms with van der Waals surface area (Å²) in [4.78, 5) is 27.1. The third kappa shape index (κ3) is 4.14. The molecule has 0 radical (unpaired) electrons. The zero-order valence-corrected chi connectivity index (χ0v) is 19.2. The molecular formula is C25H21BrN2O2S. The van der Waals surface area contributed by atoms with Crippen LogP contribution in [0.15, 0.2) is 71.2 Å². The highest BCUT2D eigenvalue weighted by Crippen LogP contribution is 2.43. The van der Waals surface area contributed by atoms with Gasteiger partial charge in [-0.1, -0.05) is 40.2 Å². The van der Waals surface area contributed by atoms with Gasteiger partial charge in [0, 0.05) is 21.4 Å². The van der Waals surface area contributed by atoms with Crippen LogP contribution in [0.5, 0.6) is 0 Å². The summed E-state index contributed by atoms with van der Waals surface area (Å²) in [6, 6.07) is 21.5. The van der Waals surface area contributed by atoms with E-state index in [1.54, 1.807) is 23.9 Å². The molecule has 6 heteroatoms. The molecule has 0 saturated carbocycles. The van der Waals surface area contributed by atoms with Gasteiger partial charge in [0.25, 0.3) is 5.91 Å². The minimum absolute atomic E-state index is 0.0539. The first-order valence-electron chi connectivity index (χ1n) is 10.3. The van der Waals surface area contributed by atoms with Crippen LogP contribution in [0.1, 0.15) is 38.8 Å². The summed E-state index contributed by atoms with van der Waals surface area (Å²) in [5, 5.41) is 2.88. The normalized spacial score (nSPS) is 17.6. The number of hydrogen-bond acceptors (Lipinski definition) is 3. The molecule has 3 aromatic carbocycles. The Bertz CT molecular complexity index is 1160. The third-order valence-electron chi connectivity index (χ3n) is 5.77. The number of hydrogen-bond donors (Lipinski definition) is 1. The first-order valence-corrected chi connectivity index (χ1v) is 12.1. The Balaban J connectivity index is 1.35. The van der Waals surface area contributed by atoms with Gasteiger partial charge >= 0.3 is 0 Å². The van der Waals surface area contributed by atoms with E-state index < -0.39 is 0 Å². The molecular weight excluding hydrogens is 472 g/mol. The monoisotopic (exact) mass is 492 g/mol. The summed E-state index contributed by atoms with van der Waals surface area (Å²) in [5.41, 5.74) is 6.13. The van der Waals surface area contributed by atoms with Crippen molar-refractivity contribution in [2.24, 2.45) is 0 Å². The zero-order chi connectivity index (χ0) is 21.4. The molecule has 0 bridgehead atoms. The number of nitrogens with one attached hydrogen (secondary N) is 1. The molecule has 2 aliphatic rings. The largest absolute Gasteiger partial charge is 0.322 e. The van der Waals surface area contributed by atoms with E-state index in [0.29, 0.717) is 11.3 Å². The highest BCUT2D eigenvalue weighted by Gasteiger charge is 2.34. The Morgan fingerprint density at radius 2 is 1.81 bits per heavy atom. The number of carbonyl (C=O) groups is 2. The standard InChI is InChI=1S/C25H21BrN2O2S/c26-20-6-2-5-19(13-20)24(30)27-21-10-7-17(8-11-21)25-28(23(29)15-31-25)22-12-9-16-3-1-4-18(16)14-22/h2,5-14,25H,1,3-4,15H2,(H,27,30)/t25-/m0/s1. The highest BCUT2D eigenvalue weighted by molar-refractivity contribution is 9.10. The van der Waals surface area contributed by atoms with E-state index in [1.165, 1.54) is 17.5 Å². The highest BCUT2D eigenvalue weighted by atomic mass is 79.9. The quantitative estimate of drug-likeness (QED) is 0.488. The molecule has 31 heavy (non-hydrogen) atoms. The first-order chi connectivity index (χ1) is 15.1. The molecule has 5 rings (SSSR count). The molecule has 1 heterocycles. The average Bonchev–Trinajstić information content (AvgIpc) is 3.40. The Morgan fingerprint density at radius 1 is 1.00 bits per heavy atom. The van der Waals surface area contributed by atoms with Crippen molar-refractivity contribution in [2.45, 2.75) is 24.6 Å². The Labute approximate surface area is 194 Å². The molecule has 2 amide bonds. The van der Waals surface area contributed by atoms with Crippen molar-refractivity contribution < 1.29 is 9.59 Å². The molecule has 1 atom stereocenters. The summed E-state index contributed by atoms with van der Waals surface area (Å²) in [5.74, 6) is 0.461. The van der Waals surface area contributed by atoms with Crippen LogP contribution < -0.4 is 10.2 Å². The lowest BCUT2D eigenvalue weighted by atomic mass is 10.1. The van der Waals surface area contributed by atoms with Crippen LogP contribution in [-0.4, -0.2) is 17.6 Å². The van der Waals surface area contributed by atoms with Crippen LogP contribution in [0.3, 0.4) is 0 Å². The van der Waals surface area contributed by atoms with Crippen LogP contribution in [0.2, 0.25) is 0 Å². The molecule has 1 aliphatic heterocycles. The number of rotatable bonds is 4. The molecule has 1 N–H and O–H groups in total. The molecule has 3 aromatic rings. The Kier molecular flexibility index (Phi) is 5.59. The zero-order valence-electron chi connectivity index (χ0n) is 16.8. The predicted molar refractivity (Wildman–Crippen MR) is 130 cm³/mol. The van der Waals surface area contributed by atoms with Crippen LogP contribution in [-0.2, 0) is 17.6 Å². The van der Waals surface area contributed by atoms with Crippen molar-refractivity contribution >= 4 is 50.9 Å². The summed E-state index contributed by atoms with van der Waals surface area (Å²) in [7, 11) is 0. The summed E-state index contributed by atoms with van der Waals surface area (Å²) >= 11 is 5.04. The van der Waals surface area contributed by atoms with E-state index in [0.717, 1.165) is 34.3 Å². The number of anilines is 2. The van der Waals surface area contributed by atoms with Crippen LogP contribution in [0.25, 0.3) is 0 Å². The topological polar surface area (TPSA) is 49.4 Å². The fraction of sp³-hybridized carbons (Fsp3) is 0.200. The van der Waals surface area contributed by atoms with Gasteiger partial charge in [-0.15, -0.1) is 11.8 Å². The van der Waals surface area contributed by atoms with Gasteiger partial charge in [0.05, 0.1) is 5.75 Å². The fourth-order valence-corrected chi connectivity index (χ4v) is 5.80. The van der Waals surface area contributed by atoms with Crippen molar-refractivity contribution in [3.05, 3.63) is 93.5 Å². The number of thioether (sulfide) groups is 1. The maximum Gasteiger partial charge on any atom is 0.255 e. The van der Waals surface area contributed by atoms with E-state index in [-0.39, 0.29) is 17.2 Å². The maximum atomic E-state index is 12.7. The van der Waals surface area contributed by atoms with Crippen molar-refractivity contribution in [2.75, 3.05) is 16.0 Å². The van der Waals surface area contributed by atoms with Crippen LogP contribution >= 0.6 is 27.7 Å². The van der Waals surface area contributed by atoms with Crippen molar-refractivity contribution in [1.82, 2.24) is 0 Å². The minimum atomic E-state index is -0.153. The molecule has 4 nitrogen and oxygen atoms in total. The number of aryl methyl sites for hydroxylation is 2. The van der Waals surface area contributed by atoms with Crippen molar-refractivity contribution in [1.29, 1.82) is 0 Å². The van der Waals surface area contributed by atoms with Crippen molar-refractivity contribution in [3.63, 3.8) is 0 Å². The molecule has 1 saturated heterocycles. The SMILES string of the molecule is O=C(Nc1ccc([C@@H]2SCC(=O)N2c2ccc3c(c2)CCC3)cc1)c1cccc(Br)c1. The van der Waals surface area contributed by atoms with Crippen molar-refractivity contribution in [3.8, 4) is 0 Å². The van der Waals surface area contributed by atoms with E-state index in [1.807, 2.05) is 41.3 Å². The second kappa shape index (κ2) is 8.52. The second-order valence-electron chi connectivity index (χ2n) is 7.82. The van der Waals surface area contributed by atoms with Gasteiger partial charge in [0.15, 0.2) is 0 Å². The maximum absolute atomic E-state index is 12.7.